The molecule has 2 amide bonds. The van der Waals surface area contributed by atoms with Crippen LogP contribution in [0, 0.1) is 11.8 Å². The number of hydrogen-bond donors (Lipinski definition) is 2. The minimum atomic E-state index is -0.849. The van der Waals surface area contributed by atoms with Gasteiger partial charge in [-0.1, -0.05) is 18.1 Å². The third-order valence-electron chi connectivity index (χ3n) is 5.26. The highest BCUT2D eigenvalue weighted by Crippen LogP contribution is 2.42. The van der Waals surface area contributed by atoms with E-state index in [1.54, 1.807) is 4.90 Å². The fraction of sp³-hybridized carbons (Fsp3) is 0.750. The van der Waals surface area contributed by atoms with Crippen LogP contribution in [0.4, 0.5) is 4.79 Å². The first-order valence-electron chi connectivity index (χ1n) is 8.12. The van der Waals surface area contributed by atoms with E-state index < -0.39 is 12.0 Å². The zero-order valence-corrected chi connectivity index (χ0v) is 12.4. The van der Waals surface area contributed by atoms with Crippen LogP contribution in [0.2, 0.25) is 0 Å². The molecule has 5 nitrogen and oxygen atoms in total. The van der Waals surface area contributed by atoms with Crippen LogP contribution < -0.4 is 5.32 Å². The molecule has 3 aliphatic rings. The number of allylic oxidation sites excluding steroid dienone is 1. The molecule has 0 aromatic rings. The number of urea groups is 1. The highest BCUT2D eigenvalue weighted by atomic mass is 16.4. The number of carbonyl (C=O) groups is 2. The Morgan fingerprint density at radius 2 is 2.19 bits per heavy atom. The molecular formula is C16H24N2O3. The van der Waals surface area contributed by atoms with Crippen molar-refractivity contribution in [1.29, 1.82) is 0 Å². The Bertz CT molecular complexity index is 460. The van der Waals surface area contributed by atoms with Gasteiger partial charge in [-0.25, -0.2) is 9.59 Å². The van der Waals surface area contributed by atoms with Crippen molar-refractivity contribution in [2.24, 2.45) is 11.8 Å². The van der Waals surface area contributed by atoms with Gasteiger partial charge in [-0.05, 0) is 50.4 Å². The molecule has 0 radical (unpaired) electrons. The van der Waals surface area contributed by atoms with E-state index >= 15 is 0 Å². The van der Waals surface area contributed by atoms with Crippen LogP contribution in [0.15, 0.2) is 11.6 Å². The zero-order chi connectivity index (χ0) is 14.8. The number of aliphatic carboxylic acids is 1. The molecule has 1 saturated carbocycles. The van der Waals surface area contributed by atoms with E-state index in [2.05, 4.69) is 11.4 Å². The fourth-order valence-corrected chi connectivity index (χ4v) is 4.23. The highest BCUT2D eigenvalue weighted by molar-refractivity contribution is 5.83. The summed E-state index contributed by atoms with van der Waals surface area (Å²) in [6, 6.07) is -0.821. The first kappa shape index (κ1) is 14.4. The Kier molecular flexibility index (Phi) is 4.17. The van der Waals surface area contributed by atoms with Crippen LogP contribution in [-0.4, -0.2) is 41.1 Å². The van der Waals surface area contributed by atoms with Gasteiger partial charge in [-0.2, -0.15) is 0 Å². The summed E-state index contributed by atoms with van der Waals surface area (Å²) in [4.78, 5) is 25.4. The van der Waals surface area contributed by atoms with Crippen molar-refractivity contribution in [2.75, 3.05) is 13.1 Å². The molecule has 3 unspecified atom stereocenters. The topological polar surface area (TPSA) is 69.6 Å². The van der Waals surface area contributed by atoms with Crippen molar-refractivity contribution in [3.63, 3.8) is 0 Å². The lowest BCUT2D eigenvalue weighted by molar-refractivity contribution is -0.142. The molecular weight excluding hydrogens is 268 g/mol. The lowest BCUT2D eigenvalue weighted by atomic mass is 9.94. The summed E-state index contributed by atoms with van der Waals surface area (Å²) in [6.07, 6.45) is 9.77. The van der Waals surface area contributed by atoms with Gasteiger partial charge in [-0.3, -0.25) is 0 Å². The van der Waals surface area contributed by atoms with Crippen molar-refractivity contribution in [3.8, 4) is 0 Å². The Hall–Kier alpha value is -1.52. The summed E-state index contributed by atoms with van der Waals surface area (Å²) in [5, 5.41) is 12.4. The van der Waals surface area contributed by atoms with Crippen LogP contribution >= 0.6 is 0 Å². The number of carboxylic acid groups (broad SMARTS) is 1. The third-order valence-corrected chi connectivity index (χ3v) is 5.26. The van der Waals surface area contributed by atoms with E-state index in [0.717, 1.165) is 38.5 Å². The number of hydrogen-bond acceptors (Lipinski definition) is 2. The van der Waals surface area contributed by atoms with E-state index in [1.807, 2.05) is 0 Å². The number of nitrogens with one attached hydrogen (secondary N) is 1. The van der Waals surface area contributed by atoms with Gasteiger partial charge in [0, 0.05) is 13.1 Å². The van der Waals surface area contributed by atoms with Crippen LogP contribution in [0.1, 0.15) is 44.9 Å². The monoisotopic (exact) mass is 292 g/mol. The van der Waals surface area contributed by atoms with E-state index in [9.17, 15) is 14.7 Å². The van der Waals surface area contributed by atoms with Gasteiger partial charge in [-0.15, -0.1) is 0 Å². The molecule has 1 heterocycles. The largest absolute Gasteiger partial charge is 0.480 e. The molecule has 2 N–H and O–H groups in total. The smallest absolute Gasteiger partial charge is 0.326 e. The summed E-state index contributed by atoms with van der Waals surface area (Å²) in [5.74, 6) is -0.307. The number of nitrogens with zero attached hydrogens (tertiary/aromatic N) is 1. The van der Waals surface area contributed by atoms with Gasteiger partial charge in [0.1, 0.15) is 6.04 Å². The summed E-state index contributed by atoms with van der Waals surface area (Å²) in [7, 11) is 0. The molecule has 0 aromatic carbocycles. The summed E-state index contributed by atoms with van der Waals surface area (Å²) >= 11 is 0. The lowest BCUT2D eigenvalue weighted by Crippen LogP contribution is -2.48. The molecule has 1 aliphatic heterocycles. The van der Waals surface area contributed by atoms with Gasteiger partial charge in [0.2, 0.25) is 0 Å². The van der Waals surface area contributed by atoms with Gasteiger partial charge >= 0.3 is 12.0 Å². The molecule has 5 heteroatoms. The maximum atomic E-state index is 12.3. The Morgan fingerprint density at radius 3 is 2.90 bits per heavy atom. The number of carboxylic acids is 1. The lowest BCUT2D eigenvalue weighted by Gasteiger charge is -2.24. The van der Waals surface area contributed by atoms with Crippen LogP contribution in [0.25, 0.3) is 0 Å². The zero-order valence-electron chi connectivity index (χ0n) is 12.4. The molecule has 0 bridgehead atoms. The molecule has 2 aliphatic carbocycles. The molecule has 3 atom stereocenters. The van der Waals surface area contributed by atoms with Crippen LogP contribution in [0.3, 0.4) is 0 Å². The Balaban J connectivity index is 1.54. The average molecular weight is 292 g/mol. The van der Waals surface area contributed by atoms with Crippen LogP contribution in [-0.2, 0) is 4.79 Å². The second-order valence-electron chi connectivity index (χ2n) is 6.53. The number of likely N-dealkylation sites (tertiary alicyclic amines) is 1. The van der Waals surface area contributed by atoms with Crippen molar-refractivity contribution in [1.82, 2.24) is 10.2 Å². The number of carbonyl (C=O) groups excluding carboxylic acids is 1. The summed E-state index contributed by atoms with van der Waals surface area (Å²) in [6.45, 7) is 1.22. The van der Waals surface area contributed by atoms with Gasteiger partial charge in [0.05, 0.1) is 0 Å². The number of rotatable bonds is 4. The molecule has 1 saturated heterocycles. The third kappa shape index (κ3) is 2.92. The van der Waals surface area contributed by atoms with Crippen molar-refractivity contribution in [3.05, 3.63) is 11.6 Å². The molecule has 0 spiro atoms. The number of amides is 2. The maximum absolute atomic E-state index is 12.3. The molecule has 21 heavy (non-hydrogen) atoms. The second kappa shape index (κ2) is 6.08. The molecule has 2 fully saturated rings. The van der Waals surface area contributed by atoms with Gasteiger partial charge in [0.25, 0.3) is 0 Å². The van der Waals surface area contributed by atoms with Crippen molar-refractivity contribution >= 4 is 12.0 Å². The second-order valence-corrected chi connectivity index (χ2v) is 6.53. The van der Waals surface area contributed by atoms with E-state index in [0.29, 0.717) is 19.0 Å². The molecule has 116 valence electrons. The van der Waals surface area contributed by atoms with Gasteiger partial charge in [0.15, 0.2) is 0 Å². The minimum absolute atomic E-state index is 0.158. The van der Waals surface area contributed by atoms with Crippen LogP contribution in [0.5, 0.6) is 0 Å². The van der Waals surface area contributed by atoms with Crippen molar-refractivity contribution in [2.45, 2.75) is 51.0 Å². The standard InChI is InChI=1S/C16H24N2O3/c19-15(20)14-13-7-3-6-12(13)10-18(14)16(21)17-9-8-11-4-1-2-5-11/h4,12-14H,1-3,5-10H2,(H,17,21)(H,19,20). The van der Waals surface area contributed by atoms with E-state index in [1.165, 1.54) is 12.0 Å². The average Bonchev–Trinajstić information content (AvgIpc) is 3.13. The fourth-order valence-electron chi connectivity index (χ4n) is 4.23. The summed E-state index contributed by atoms with van der Waals surface area (Å²) in [5.41, 5.74) is 1.42. The van der Waals surface area contributed by atoms with E-state index in [4.69, 9.17) is 0 Å². The highest BCUT2D eigenvalue weighted by Gasteiger charge is 2.49. The molecule has 3 rings (SSSR count). The van der Waals surface area contributed by atoms with E-state index in [-0.39, 0.29) is 11.9 Å². The van der Waals surface area contributed by atoms with Crippen molar-refractivity contribution < 1.29 is 14.7 Å². The first-order valence-corrected chi connectivity index (χ1v) is 8.12. The SMILES string of the molecule is O=C(O)C1C2CCCC2CN1C(=O)NCCC1=CCCC1. The van der Waals surface area contributed by atoms with Gasteiger partial charge < -0.3 is 15.3 Å². The minimum Gasteiger partial charge on any atom is -0.480 e. The first-order chi connectivity index (χ1) is 10.2. The predicted molar refractivity (Wildman–Crippen MR) is 78.9 cm³/mol. The predicted octanol–water partition coefficient (Wildman–Crippen LogP) is 2.38. The summed E-state index contributed by atoms with van der Waals surface area (Å²) < 4.78 is 0. The Labute approximate surface area is 125 Å². The quantitative estimate of drug-likeness (QED) is 0.782. The maximum Gasteiger partial charge on any atom is 0.326 e. The molecule has 0 aromatic heterocycles. The number of fused-ring (bicyclic) bond motifs is 1. The normalized spacial score (nSPS) is 31.1. The Morgan fingerprint density at radius 1 is 1.33 bits per heavy atom.